The van der Waals surface area contributed by atoms with Crippen molar-refractivity contribution in [1.82, 2.24) is 4.98 Å². The quantitative estimate of drug-likeness (QED) is 0.577. The number of hydrogen-bond acceptors (Lipinski definition) is 6. The van der Waals surface area contributed by atoms with Gasteiger partial charge in [0.2, 0.25) is 0 Å². The Balaban J connectivity index is 2.02. The van der Waals surface area contributed by atoms with Gasteiger partial charge in [0.1, 0.15) is 0 Å². The summed E-state index contributed by atoms with van der Waals surface area (Å²) in [5.41, 5.74) is 3.83. The molecule has 2 aromatic carbocycles. The Bertz CT molecular complexity index is 924. The van der Waals surface area contributed by atoms with Crippen molar-refractivity contribution in [3.63, 3.8) is 0 Å². The first-order chi connectivity index (χ1) is 13.5. The summed E-state index contributed by atoms with van der Waals surface area (Å²) in [4.78, 5) is 18.5. The number of hydrogen-bond donors (Lipinski definition) is 1. The van der Waals surface area contributed by atoms with Crippen LogP contribution in [-0.2, 0) is 6.54 Å². The Morgan fingerprint density at radius 3 is 2.43 bits per heavy atom. The lowest BCUT2D eigenvalue weighted by Gasteiger charge is -2.26. The summed E-state index contributed by atoms with van der Waals surface area (Å²) >= 11 is 1.57. The number of carbonyl (C=O) groups is 1. The number of ether oxygens (including phenoxy) is 2. The molecule has 0 aliphatic rings. The van der Waals surface area contributed by atoms with Gasteiger partial charge in [0.05, 0.1) is 30.8 Å². The third-order valence-corrected chi connectivity index (χ3v) is 4.81. The highest BCUT2D eigenvalue weighted by molar-refractivity contribution is 7.09. The number of aromatic carboxylic acids is 1. The van der Waals surface area contributed by atoms with E-state index in [1.165, 1.54) is 0 Å². The number of thiazole rings is 1. The molecule has 0 aliphatic heterocycles. The van der Waals surface area contributed by atoms with Gasteiger partial charge in [0.25, 0.3) is 0 Å². The van der Waals surface area contributed by atoms with Crippen molar-refractivity contribution in [2.75, 3.05) is 12.0 Å². The van der Waals surface area contributed by atoms with E-state index in [-0.39, 0.29) is 11.7 Å². The molecule has 0 amide bonds. The SMILES string of the molecule is COc1ccc(N(Cc2cncs2)c2ccc(C(=O)O)cc2)cc1OC(C)C. The molecule has 28 heavy (non-hydrogen) atoms. The fourth-order valence-corrected chi connectivity index (χ4v) is 3.35. The van der Waals surface area contributed by atoms with Crippen LogP contribution in [0.5, 0.6) is 11.5 Å². The summed E-state index contributed by atoms with van der Waals surface area (Å²) in [5, 5.41) is 9.17. The molecule has 0 bridgehead atoms. The maximum atomic E-state index is 11.2. The van der Waals surface area contributed by atoms with Gasteiger partial charge in [-0.3, -0.25) is 4.98 Å². The smallest absolute Gasteiger partial charge is 0.335 e. The molecule has 1 aromatic heterocycles. The van der Waals surface area contributed by atoms with E-state index in [1.807, 2.05) is 38.2 Å². The van der Waals surface area contributed by atoms with Gasteiger partial charge in [0.15, 0.2) is 11.5 Å². The second-order valence-electron chi connectivity index (χ2n) is 6.41. The van der Waals surface area contributed by atoms with Crippen LogP contribution >= 0.6 is 11.3 Å². The molecule has 6 nitrogen and oxygen atoms in total. The first-order valence-electron chi connectivity index (χ1n) is 8.81. The van der Waals surface area contributed by atoms with Crippen LogP contribution in [0.4, 0.5) is 11.4 Å². The molecule has 1 heterocycles. The third-order valence-electron chi connectivity index (χ3n) is 4.04. The van der Waals surface area contributed by atoms with Crippen LogP contribution < -0.4 is 14.4 Å². The molecule has 0 aliphatic carbocycles. The van der Waals surface area contributed by atoms with E-state index in [2.05, 4.69) is 9.88 Å². The summed E-state index contributed by atoms with van der Waals surface area (Å²) in [6, 6.07) is 12.6. The van der Waals surface area contributed by atoms with Crippen LogP contribution in [-0.4, -0.2) is 29.3 Å². The fraction of sp³-hybridized carbons (Fsp3) is 0.238. The first-order valence-corrected chi connectivity index (χ1v) is 9.69. The normalized spacial score (nSPS) is 10.7. The second-order valence-corrected chi connectivity index (χ2v) is 7.38. The van der Waals surface area contributed by atoms with Crippen LogP contribution in [0.1, 0.15) is 29.1 Å². The lowest BCUT2D eigenvalue weighted by molar-refractivity contribution is 0.0697. The van der Waals surface area contributed by atoms with Gasteiger partial charge in [-0.05, 0) is 50.2 Å². The molecule has 0 saturated heterocycles. The van der Waals surface area contributed by atoms with Crippen molar-refractivity contribution in [3.05, 3.63) is 64.6 Å². The highest BCUT2D eigenvalue weighted by atomic mass is 32.1. The molecule has 0 spiro atoms. The Kier molecular flexibility index (Phi) is 6.16. The van der Waals surface area contributed by atoms with E-state index < -0.39 is 5.97 Å². The largest absolute Gasteiger partial charge is 0.493 e. The number of rotatable bonds is 8. The molecule has 0 unspecified atom stereocenters. The molecule has 146 valence electrons. The number of carboxylic acid groups (broad SMARTS) is 1. The molecule has 1 N–H and O–H groups in total. The van der Waals surface area contributed by atoms with Gasteiger partial charge in [-0.25, -0.2) is 4.79 Å². The van der Waals surface area contributed by atoms with Gasteiger partial charge in [-0.15, -0.1) is 11.3 Å². The average Bonchev–Trinajstić information content (AvgIpc) is 3.19. The summed E-state index contributed by atoms with van der Waals surface area (Å²) in [5.74, 6) is 0.375. The zero-order chi connectivity index (χ0) is 20.1. The fourth-order valence-electron chi connectivity index (χ4n) is 2.77. The highest BCUT2D eigenvalue weighted by Gasteiger charge is 2.16. The maximum absolute atomic E-state index is 11.2. The summed E-state index contributed by atoms with van der Waals surface area (Å²) < 4.78 is 11.3. The maximum Gasteiger partial charge on any atom is 0.335 e. The van der Waals surface area contributed by atoms with Crippen molar-refractivity contribution < 1.29 is 19.4 Å². The monoisotopic (exact) mass is 398 g/mol. The summed E-state index contributed by atoms with van der Waals surface area (Å²) in [6.45, 7) is 4.53. The molecule has 3 aromatic rings. The topological polar surface area (TPSA) is 71.9 Å². The molecule has 0 fully saturated rings. The van der Waals surface area contributed by atoms with Crippen molar-refractivity contribution in [1.29, 1.82) is 0 Å². The minimum Gasteiger partial charge on any atom is -0.493 e. The Labute approximate surface area is 168 Å². The van der Waals surface area contributed by atoms with E-state index in [0.717, 1.165) is 16.3 Å². The first kappa shape index (κ1) is 19.7. The number of nitrogens with zero attached hydrogens (tertiary/aromatic N) is 2. The molecular formula is C21H22N2O4S. The molecule has 3 rings (SSSR count). The highest BCUT2D eigenvalue weighted by Crippen LogP contribution is 2.36. The Morgan fingerprint density at radius 1 is 1.14 bits per heavy atom. The summed E-state index contributed by atoms with van der Waals surface area (Å²) in [6.07, 6.45) is 1.84. The minimum absolute atomic E-state index is 0.00828. The number of aromatic nitrogens is 1. The molecule has 0 radical (unpaired) electrons. The van der Waals surface area contributed by atoms with Gasteiger partial charge in [-0.2, -0.15) is 0 Å². The van der Waals surface area contributed by atoms with Crippen molar-refractivity contribution in [2.24, 2.45) is 0 Å². The Hall–Kier alpha value is -3.06. The molecule has 0 atom stereocenters. The zero-order valence-electron chi connectivity index (χ0n) is 16.0. The number of benzene rings is 2. The predicted molar refractivity (Wildman–Crippen MR) is 110 cm³/mol. The number of anilines is 2. The predicted octanol–water partition coefficient (Wildman–Crippen LogP) is 4.98. The van der Waals surface area contributed by atoms with E-state index in [0.29, 0.717) is 18.0 Å². The van der Waals surface area contributed by atoms with Crippen molar-refractivity contribution in [2.45, 2.75) is 26.5 Å². The van der Waals surface area contributed by atoms with Crippen LogP contribution in [0.3, 0.4) is 0 Å². The lowest BCUT2D eigenvalue weighted by atomic mass is 10.1. The van der Waals surface area contributed by atoms with Gasteiger partial charge in [0, 0.05) is 28.5 Å². The second kappa shape index (κ2) is 8.75. The van der Waals surface area contributed by atoms with E-state index in [9.17, 15) is 4.79 Å². The van der Waals surface area contributed by atoms with Crippen molar-refractivity contribution >= 4 is 28.7 Å². The standard InChI is InChI=1S/C21H22N2O4S/c1-14(2)27-20-10-17(8-9-19(20)26-3)23(12-18-11-22-13-28-18)16-6-4-15(5-7-16)21(24)25/h4-11,13-14H,12H2,1-3H3,(H,24,25). The van der Waals surface area contributed by atoms with Crippen molar-refractivity contribution in [3.8, 4) is 11.5 Å². The summed E-state index contributed by atoms with van der Waals surface area (Å²) in [7, 11) is 1.61. The minimum atomic E-state index is -0.947. The lowest BCUT2D eigenvalue weighted by Crippen LogP contribution is -2.16. The molecule has 7 heteroatoms. The third kappa shape index (κ3) is 4.61. The number of carboxylic acids is 1. The van der Waals surface area contributed by atoms with E-state index >= 15 is 0 Å². The average molecular weight is 398 g/mol. The van der Waals surface area contributed by atoms with Crippen LogP contribution in [0.2, 0.25) is 0 Å². The van der Waals surface area contributed by atoms with Crippen LogP contribution in [0, 0.1) is 0 Å². The van der Waals surface area contributed by atoms with Gasteiger partial charge >= 0.3 is 5.97 Å². The van der Waals surface area contributed by atoms with E-state index in [4.69, 9.17) is 14.6 Å². The van der Waals surface area contributed by atoms with Crippen LogP contribution in [0.15, 0.2) is 54.2 Å². The Morgan fingerprint density at radius 2 is 1.86 bits per heavy atom. The van der Waals surface area contributed by atoms with Gasteiger partial charge < -0.3 is 19.5 Å². The molecule has 0 saturated carbocycles. The van der Waals surface area contributed by atoms with Gasteiger partial charge in [-0.1, -0.05) is 0 Å². The van der Waals surface area contributed by atoms with E-state index in [1.54, 1.807) is 48.2 Å². The van der Waals surface area contributed by atoms with Crippen LogP contribution in [0.25, 0.3) is 0 Å². The zero-order valence-corrected chi connectivity index (χ0v) is 16.8. The molecular weight excluding hydrogens is 376 g/mol. The number of methoxy groups -OCH3 is 1.